The zero-order valence-corrected chi connectivity index (χ0v) is 22.7. The summed E-state index contributed by atoms with van der Waals surface area (Å²) in [5.41, 5.74) is 5.71. The van der Waals surface area contributed by atoms with Crippen molar-refractivity contribution in [3.63, 3.8) is 0 Å². The molecule has 39 heavy (non-hydrogen) atoms. The molecule has 0 saturated carbocycles. The van der Waals surface area contributed by atoms with Gasteiger partial charge in [-0.3, -0.25) is 14.9 Å². The van der Waals surface area contributed by atoms with Gasteiger partial charge in [0.1, 0.15) is 12.2 Å². The summed E-state index contributed by atoms with van der Waals surface area (Å²) < 4.78 is 12.1. The summed E-state index contributed by atoms with van der Waals surface area (Å²) in [6, 6.07) is 16.1. The van der Waals surface area contributed by atoms with Crippen molar-refractivity contribution in [1.82, 2.24) is 5.32 Å². The largest absolute Gasteiger partial charge is 0.490 e. The number of carbonyl (C=O) groups is 3. The summed E-state index contributed by atoms with van der Waals surface area (Å²) in [4.78, 5) is 39.8. The topological polar surface area (TPSA) is 84.9 Å². The molecule has 7 nitrogen and oxygen atoms in total. The van der Waals surface area contributed by atoms with Crippen LogP contribution in [-0.2, 0) is 22.6 Å². The van der Waals surface area contributed by atoms with Crippen LogP contribution in [0.4, 0.5) is 10.5 Å². The number of nitrogens with one attached hydrogen (secondary N) is 1. The number of amides is 4. The van der Waals surface area contributed by atoms with Gasteiger partial charge < -0.3 is 9.47 Å². The second-order valence-electron chi connectivity index (χ2n) is 9.43. The molecule has 0 atom stereocenters. The van der Waals surface area contributed by atoms with E-state index in [1.807, 2.05) is 64.1 Å². The van der Waals surface area contributed by atoms with Gasteiger partial charge in [0.2, 0.25) is 0 Å². The van der Waals surface area contributed by atoms with Crippen LogP contribution in [0, 0.1) is 20.8 Å². The van der Waals surface area contributed by atoms with E-state index in [4.69, 9.17) is 9.47 Å². The highest BCUT2D eigenvalue weighted by atomic mass is 16.5. The molecule has 7 heteroatoms. The third-order valence-corrected chi connectivity index (χ3v) is 6.48. The second kappa shape index (κ2) is 11.8. The van der Waals surface area contributed by atoms with Crippen molar-refractivity contribution < 1.29 is 23.9 Å². The number of aryl methyl sites for hydroxylation is 3. The first-order valence-corrected chi connectivity index (χ1v) is 12.8. The maximum atomic E-state index is 13.4. The molecule has 200 valence electrons. The third kappa shape index (κ3) is 6.09. The molecular weight excluding hydrogens is 492 g/mol. The smallest absolute Gasteiger partial charge is 0.335 e. The Morgan fingerprint density at radius 2 is 1.67 bits per heavy atom. The Balaban J connectivity index is 1.72. The quantitative estimate of drug-likeness (QED) is 0.211. The summed E-state index contributed by atoms with van der Waals surface area (Å²) in [5.74, 6) is -0.393. The number of hydrogen-bond donors (Lipinski definition) is 1. The molecule has 1 aliphatic heterocycles. The standard InChI is InChI=1S/C32H32N2O5/c1-6-8-25-16-24(18-28(38-7-2)29(25)39-19-23-12-9-20(3)10-13-23)17-27-30(35)33-32(37)34(31(27)36)26-14-11-21(4)22(5)15-26/h6,9-18H,1,7-8,19H2,2-5H3,(H,33,35,37)/b27-17+. The van der Waals surface area contributed by atoms with Gasteiger partial charge in [0.15, 0.2) is 11.5 Å². The summed E-state index contributed by atoms with van der Waals surface area (Å²) in [5, 5.41) is 2.28. The Kier molecular flexibility index (Phi) is 8.30. The fourth-order valence-corrected chi connectivity index (χ4v) is 4.26. The van der Waals surface area contributed by atoms with Crippen LogP contribution >= 0.6 is 0 Å². The minimum atomic E-state index is -0.785. The van der Waals surface area contributed by atoms with Gasteiger partial charge in [-0.2, -0.15) is 0 Å². The zero-order valence-electron chi connectivity index (χ0n) is 22.7. The minimum absolute atomic E-state index is 0.159. The van der Waals surface area contributed by atoms with Crippen molar-refractivity contribution in [3.05, 3.63) is 106 Å². The van der Waals surface area contributed by atoms with E-state index >= 15 is 0 Å². The van der Waals surface area contributed by atoms with Crippen LogP contribution in [0.5, 0.6) is 11.5 Å². The van der Waals surface area contributed by atoms with Crippen LogP contribution in [0.2, 0.25) is 0 Å². The predicted octanol–water partition coefficient (Wildman–Crippen LogP) is 5.98. The summed E-state index contributed by atoms with van der Waals surface area (Å²) in [6.07, 6.45) is 3.70. The van der Waals surface area contributed by atoms with Gasteiger partial charge in [0.25, 0.3) is 11.8 Å². The first-order valence-electron chi connectivity index (χ1n) is 12.8. The highest BCUT2D eigenvalue weighted by molar-refractivity contribution is 6.39. The highest BCUT2D eigenvalue weighted by Gasteiger charge is 2.37. The number of hydrogen-bond acceptors (Lipinski definition) is 5. The van der Waals surface area contributed by atoms with Crippen molar-refractivity contribution in [2.24, 2.45) is 0 Å². The van der Waals surface area contributed by atoms with Crippen LogP contribution in [0.1, 0.15) is 40.3 Å². The molecule has 4 rings (SSSR count). The molecule has 3 aromatic carbocycles. The molecular formula is C32H32N2O5. The van der Waals surface area contributed by atoms with Crippen LogP contribution in [-0.4, -0.2) is 24.5 Å². The van der Waals surface area contributed by atoms with Gasteiger partial charge in [-0.15, -0.1) is 6.58 Å². The van der Waals surface area contributed by atoms with Crippen LogP contribution in [0.15, 0.2) is 72.8 Å². The Morgan fingerprint density at radius 1 is 0.923 bits per heavy atom. The Labute approximate surface area is 228 Å². The molecule has 4 amide bonds. The minimum Gasteiger partial charge on any atom is -0.490 e. The summed E-state index contributed by atoms with van der Waals surface area (Å²) >= 11 is 0. The Morgan fingerprint density at radius 3 is 2.33 bits per heavy atom. The van der Waals surface area contributed by atoms with E-state index in [2.05, 4.69) is 11.9 Å². The van der Waals surface area contributed by atoms with E-state index in [0.29, 0.717) is 42.4 Å². The number of urea groups is 1. The van der Waals surface area contributed by atoms with Gasteiger partial charge in [0, 0.05) is 5.56 Å². The van der Waals surface area contributed by atoms with Crippen LogP contribution in [0.25, 0.3) is 6.08 Å². The van der Waals surface area contributed by atoms with Crippen molar-refractivity contribution in [3.8, 4) is 11.5 Å². The summed E-state index contributed by atoms with van der Waals surface area (Å²) in [7, 11) is 0. The van der Waals surface area contributed by atoms with Gasteiger partial charge >= 0.3 is 6.03 Å². The molecule has 1 aliphatic rings. The number of allylic oxidation sites excluding steroid dienone is 1. The molecule has 0 bridgehead atoms. The monoisotopic (exact) mass is 524 g/mol. The average Bonchev–Trinajstić information content (AvgIpc) is 2.89. The van der Waals surface area contributed by atoms with Crippen LogP contribution in [0.3, 0.4) is 0 Å². The van der Waals surface area contributed by atoms with Gasteiger partial charge in [-0.25, -0.2) is 9.69 Å². The fraction of sp³-hybridized carbons (Fsp3) is 0.219. The normalized spacial score (nSPS) is 14.4. The molecule has 0 spiro atoms. The molecule has 0 aromatic heterocycles. The van der Waals surface area contributed by atoms with Gasteiger partial charge in [0.05, 0.1) is 12.3 Å². The number of ether oxygens (including phenoxy) is 2. The van der Waals surface area contributed by atoms with E-state index in [1.54, 1.807) is 24.3 Å². The molecule has 0 radical (unpaired) electrons. The van der Waals surface area contributed by atoms with Crippen molar-refractivity contribution >= 4 is 29.6 Å². The molecule has 3 aromatic rings. The lowest BCUT2D eigenvalue weighted by atomic mass is 10.0. The lowest BCUT2D eigenvalue weighted by Crippen LogP contribution is -2.54. The molecule has 1 heterocycles. The van der Waals surface area contributed by atoms with E-state index in [9.17, 15) is 14.4 Å². The zero-order chi connectivity index (χ0) is 28.1. The average molecular weight is 525 g/mol. The Bertz CT molecular complexity index is 1470. The van der Waals surface area contributed by atoms with Gasteiger partial charge in [-0.1, -0.05) is 42.0 Å². The fourth-order valence-electron chi connectivity index (χ4n) is 4.26. The van der Waals surface area contributed by atoms with Crippen molar-refractivity contribution in [1.29, 1.82) is 0 Å². The number of carbonyl (C=O) groups excluding carboxylic acids is 3. The third-order valence-electron chi connectivity index (χ3n) is 6.48. The van der Waals surface area contributed by atoms with Gasteiger partial charge in [-0.05, 0) is 86.7 Å². The maximum Gasteiger partial charge on any atom is 0.335 e. The first-order chi connectivity index (χ1) is 18.7. The lowest BCUT2D eigenvalue weighted by Gasteiger charge is -2.27. The first kappa shape index (κ1) is 27.4. The molecule has 1 saturated heterocycles. The molecule has 1 fully saturated rings. The molecule has 0 aliphatic carbocycles. The van der Waals surface area contributed by atoms with E-state index in [1.165, 1.54) is 6.08 Å². The highest BCUT2D eigenvalue weighted by Crippen LogP contribution is 2.36. The molecule has 1 N–H and O–H groups in total. The molecule has 0 unspecified atom stereocenters. The maximum absolute atomic E-state index is 13.4. The van der Waals surface area contributed by atoms with E-state index in [0.717, 1.165) is 32.7 Å². The lowest BCUT2D eigenvalue weighted by molar-refractivity contribution is -0.122. The predicted molar refractivity (Wildman–Crippen MR) is 152 cm³/mol. The number of benzene rings is 3. The second-order valence-corrected chi connectivity index (χ2v) is 9.43. The SMILES string of the molecule is C=CCc1cc(/C=C2\C(=O)NC(=O)N(c3ccc(C)c(C)c3)C2=O)cc(OCC)c1OCc1ccc(C)cc1. The van der Waals surface area contributed by atoms with Crippen molar-refractivity contribution in [2.45, 2.75) is 40.7 Å². The number of rotatable bonds is 9. The van der Waals surface area contributed by atoms with Crippen LogP contribution < -0.4 is 19.7 Å². The number of barbiturate groups is 1. The van der Waals surface area contributed by atoms with Crippen molar-refractivity contribution in [2.75, 3.05) is 11.5 Å². The van der Waals surface area contributed by atoms with E-state index in [-0.39, 0.29) is 5.57 Å². The summed E-state index contributed by atoms with van der Waals surface area (Å²) in [6.45, 7) is 12.3. The Hall–Kier alpha value is -4.65. The number of anilines is 1. The number of imide groups is 2. The van der Waals surface area contributed by atoms with E-state index < -0.39 is 17.8 Å². The number of nitrogens with zero attached hydrogens (tertiary/aromatic N) is 1.